The summed E-state index contributed by atoms with van der Waals surface area (Å²) in [6, 6.07) is -0.551. The van der Waals surface area contributed by atoms with E-state index >= 15 is 0 Å². The molecule has 4 nitrogen and oxygen atoms in total. The van der Waals surface area contributed by atoms with Gasteiger partial charge in [-0.3, -0.25) is 4.79 Å². The molecule has 2 atom stereocenters. The van der Waals surface area contributed by atoms with Crippen LogP contribution in [0.15, 0.2) is 0 Å². The lowest BCUT2D eigenvalue weighted by atomic mass is 10.1. The van der Waals surface area contributed by atoms with Gasteiger partial charge in [0.1, 0.15) is 6.04 Å². The zero-order valence-corrected chi connectivity index (χ0v) is 10.2. The highest BCUT2D eigenvalue weighted by molar-refractivity contribution is 8.00. The maximum Gasteiger partial charge on any atom is 0.239 e. The largest absolute Gasteiger partial charge is 0.383 e. The zero-order valence-electron chi connectivity index (χ0n) is 9.41. The van der Waals surface area contributed by atoms with Gasteiger partial charge in [-0.15, -0.1) is 0 Å². The molecule has 15 heavy (non-hydrogen) atoms. The van der Waals surface area contributed by atoms with Crippen molar-refractivity contribution in [3.8, 4) is 0 Å². The summed E-state index contributed by atoms with van der Waals surface area (Å²) in [5.41, 5.74) is 5.61. The topological polar surface area (TPSA) is 64.3 Å². The number of ether oxygens (including phenoxy) is 1. The molecule has 1 rings (SSSR count). The molecule has 0 radical (unpaired) electrons. The van der Waals surface area contributed by atoms with Gasteiger partial charge >= 0.3 is 0 Å². The van der Waals surface area contributed by atoms with Crippen LogP contribution in [0.5, 0.6) is 0 Å². The van der Waals surface area contributed by atoms with E-state index in [2.05, 4.69) is 12.2 Å². The second-order valence-corrected chi connectivity index (χ2v) is 5.86. The minimum absolute atomic E-state index is 0.120. The lowest BCUT2D eigenvalue weighted by Crippen LogP contribution is -2.47. The SMILES string of the molecule is COCC(N)C(=O)NCC1(C)CCCS1. The molecule has 1 aliphatic rings. The Morgan fingerprint density at radius 1 is 1.73 bits per heavy atom. The zero-order chi connectivity index (χ0) is 11.3. The predicted molar refractivity (Wildman–Crippen MR) is 63.0 cm³/mol. The van der Waals surface area contributed by atoms with E-state index in [1.807, 2.05) is 11.8 Å². The molecule has 1 saturated heterocycles. The van der Waals surface area contributed by atoms with Gasteiger partial charge in [0.25, 0.3) is 0 Å². The second kappa shape index (κ2) is 5.72. The lowest BCUT2D eigenvalue weighted by Gasteiger charge is -2.23. The molecule has 2 unspecified atom stereocenters. The molecular formula is C10H20N2O2S. The van der Waals surface area contributed by atoms with Crippen molar-refractivity contribution in [2.75, 3.05) is 26.0 Å². The number of hydrogen-bond acceptors (Lipinski definition) is 4. The normalized spacial score (nSPS) is 27.7. The molecule has 0 spiro atoms. The fraction of sp³-hybridized carbons (Fsp3) is 0.900. The van der Waals surface area contributed by atoms with Gasteiger partial charge in [-0.05, 0) is 25.5 Å². The first-order chi connectivity index (χ1) is 7.07. The minimum atomic E-state index is -0.551. The molecule has 0 aromatic carbocycles. The van der Waals surface area contributed by atoms with Crippen LogP contribution in [0.2, 0.25) is 0 Å². The molecule has 1 heterocycles. The molecular weight excluding hydrogens is 212 g/mol. The number of nitrogens with two attached hydrogens (primary N) is 1. The van der Waals surface area contributed by atoms with Crippen molar-refractivity contribution in [3.63, 3.8) is 0 Å². The van der Waals surface area contributed by atoms with Crippen LogP contribution in [-0.2, 0) is 9.53 Å². The Bertz CT molecular complexity index is 217. The Balaban J connectivity index is 2.26. The lowest BCUT2D eigenvalue weighted by molar-refractivity contribution is -0.123. The summed E-state index contributed by atoms with van der Waals surface area (Å²) in [7, 11) is 1.54. The van der Waals surface area contributed by atoms with Crippen LogP contribution in [0.1, 0.15) is 19.8 Å². The van der Waals surface area contributed by atoms with Crippen LogP contribution in [0.3, 0.4) is 0 Å². The van der Waals surface area contributed by atoms with Crippen molar-refractivity contribution in [3.05, 3.63) is 0 Å². The molecule has 0 aliphatic carbocycles. The van der Waals surface area contributed by atoms with Gasteiger partial charge in [-0.25, -0.2) is 0 Å². The molecule has 0 aromatic heterocycles. The van der Waals surface area contributed by atoms with Gasteiger partial charge in [0.05, 0.1) is 6.61 Å². The molecule has 0 bridgehead atoms. The van der Waals surface area contributed by atoms with Gasteiger partial charge in [0, 0.05) is 18.4 Å². The van der Waals surface area contributed by atoms with E-state index in [0.717, 1.165) is 6.42 Å². The Morgan fingerprint density at radius 3 is 3.00 bits per heavy atom. The van der Waals surface area contributed by atoms with E-state index in [4.69, 9.17) is 10.5 Å². The Kier molecular flexibility index (Phi) is 4.89. The summed E-state index contributed by atoms with van der Waals surface area (Å²) in [5.74, 6) is 1.07. The number of carbonyl (C=O) groups excluding carboxylic acids is 1. The van der Waals surface area contributed by atoms with E-state index in [1.165, 1.54) is 12.2 Å². The quantitative estimate of drug-likeness (QED) is 0.718. The average Bonchev–Trinajstić information content (AvgIpc) is 2.63. The maximum atomic E-state index is 11.5. The van der Waals surface area contributed by atoms with E-state index in [9.17, 15) is 4.79 Å². The van der Waals surface area contributed by atoms with Crippen molar-refractivity contribution >= 4 is 17.7 Å². The number of hydrogen-bond donors (Lipinski definition) is 2. The Hall–Kier alpha value is -0.260. The number of thioether (sulfide) groups is 1. The number of methoxy groups -OCH3 is 1. The molecule has 0 aromatic rings. The van der Waals surface area contributed by atoms with Gasteiger partial charge in [-0.2, -0.15) is 11.8 Å². The van der Waals surface area contributed by atoms with Crippen LogP contribution in [0.25, 0.3) is 0 Å². The highest BCUT2D eigenvalue weighted by Gasteiger charge is 2.30. The molecule has 3 N–H and O–H groups in total. The first kappa shape index (κ1) is 12.8. The monoisotopic (exact) mass is 232 g/mol. The van der Waals surface area contributed by atoms with Crippen LogP contribution >= 0.6 is 11.8 Å². The fourth-order valence-electron chi connectivity index (χ4n) is 1.64. The summed E-state index contributed by atoms with van der Waals surface area (Å²) in [5, 5.41) is 2.88. The third kappa shape index (κ3) is 4.01. The molecule has 88 valence electrons. The number of rotatable bonds is 5. The molecule has 1 aliphatic heterocycles. The smallest absolute Gasteiger partial charge is 0.239 e. The molecule has 0 saturated carbocycles. The first-order valence-electron chi connectivity index (χ1n) is 5.23. The van der Waals surface area contributed by atoms with Crippen LogP contribution < -0.4 is 11.1 Å². The van der Waals surface area contributed by atoms with Crippen LogP contribution in [-0.4, -0.2) is 42.7 Å². The number of carbonyl (C=O) groups is 1. The number of nitrogens with one attached hydrogen (secondary N) is 1. The van der Waals surface area contributed by atoms with E-state index in [-0.39, 0.29) is 17.3 Å². The third-order valence-corrected chi connectivity index (χ3v) is 4.16. The summed E-state index contributed by atoms with van der Waals surface area (Å²) in [6.07, 6.45) is 2.40. The predicted octanol–water partition coefficient (Wildman–Crippen LogP) is 0.362. The summed E-state index contributed by atoms with van der Waals surface area (Å²) < 4.78 is 5.03. The minimum Gasteiger partial charge on any atom is -0.383 e. The molecule has 5 heteroatoms. The number of amides is 1. The maximum absolute atomic E-state index is 11.5. The summed E-state index contributed by atoms with van der Waals surface area (Å²) in [6.45, 7) is 3.16. The fourth-order valence-corrected chi connectivity index (χ4v) is 2.88. The van der Waals surface area contributed by atoms with Gasteiger partial charge in [0.2, 0.25) is 5.91 Å². The summed E-state index contributed by atoms with van der Waals surface area (Å²) >= 11 is 1.92. The van der Waals surface area contributed by atoms with Crippen molar-refractivity contribution < 1.29 is 9.53 Å². The van der Waals surface area contributed by atoms with Crippen molar-refractivity contribution in [2.24, 2.45) is 5.73 Å². The molecule has 1 fully saturated rings. The van der Waals surface area contributed by atoms with E-state index in [1.54, 1.807) is 7.11 Å². The molecule has 1 amide bonds. The van der Waals surface area contributed by atoms with Crippen molar-refractivity contribution in [2.45, 2.75) is 30.6 Å². The third-order valence-electron chi connectivity index (χ3n) is 2.62. The standard InChI is InChI=1S/C10H20N2O2S/c1-10(4-3-5-15-10)7-12-9(13)8(11)6-14-2/h8H,3-7,11H2,1-2H3,(H,12,13). The van der Waals surface area contributed by atoms with Gasteiger partial charge in [0.15, 0.2) is 0 Å². The van der Waals surface area contributed by atoms with Gasteiger partial charge < -0.3 is 15.8 Å². The highest BCUT2D eigenvalue weighted by atomic mass is 32.2. The van der Waals surface area contributed by atoms with Crippen molar-refractivity contribution in [1.29, 1.82) is 0 Å². The Labute approximate surface area is 95.3 Å². The Morgan fingerprint density at radius 2 is 2.47 bits per heavy atom. The average molecular weight is 232 g/mol. The summed E-state index contributed by atoms with van der Waals surface area (Å²) in [4.78, 5) is 11.5. The van der Waals surface area contributed by atoms with Gasteiger partial charge in [-0.1, -0.05) is 0 Å². The van der Waals surface area contributed by atoms with Crippen molar-refractivity contribution in [1.82, 2.24) is 5.32 Å². The highest BCUT2D eigenvalue weighted by Crippen LogP contribution is 2.36. The van der Waals surface area contributed by atoms with E-state index < -0.39 is 6.04 Å². The first-order valence-corrected chi connectivity index (χ1v) is 6.22. The second-order valence-electron chi connectivity index (χ2n) is 4.18. The van der Waals surface area contributed by atoms with Crippen LogP contribution in [0, 0.1) is 0 Å². The van der Waals surface area contributed by atoms with Crippen LogP contribution in [0.4, 0.5) is 0 Å². The van der Waals surface area contributed by atoms with E-state index in [0.29, 0.717) is 6.54 Å².